The Morgan fingerprint density at radius 1 is 1.42 bits per heavy atom. The number of rotatable bonds is 4. The maximum absolute atomic E-state index is 12.4. The molecule has 3 rings (SSSR count). The normalized spacial score (nSPS) is 21.2. The van der Waals surface area contributed by atoms with Crippen LogP contribution in [0.2, 0.25) is 0 Å². The maximum Gasteiger partial charge on any atom is 0.410 e. The number of carbonyl (C=O) groups excluding carboxylic acids is 2. The number of aromatic nitrogens is 1. The van der Waals surface area contributed by atoms with Gasteiger partial charge in [0.15, 0.2) is 0 Å². The number of carbonyl (C=O) groups is 2. The summed E-state index contributed by atoms with van der Waals surface area (Å²) in [6.45, 7) is 7.70. The summed E-state index contributed by atoms with van der Waals surface area (Å²) < 4.78 is 10.8. The lowest BCUT2D eigenvalue weighted by molar-refractivity contribution is 0.00198. The summed E-state index contributed by atoms with van der Waals surface area (Å²) in [7, 11) is 0. The van der Waals surface area contributed by atoms with Gasteiger partial charge in [-0.2, -0.15) is 0 Å². The standard InChI is InChI=1S/C17H25N3O4/c1-4-5-13(3)20-11-17(23-16(20)22)6-8-19(9-7-17)15(21)14-10-12(2)18-24-14/h10,13H,4-9,11H2,1-3H3/t13-/m1/s1. The van der Waals surface area contributed by atoms with Crippen molar-refractivity contribution in [2.75, 3.05) is 19.6 Å². The number of amides is 2. The first-order chi connectivity index (χ1) is 11.4. The molecule has 1 atom stereocenters. The molecule has 0 aliphatic carbocycles. The van der Waals surface area contributed by atoms with Gasteiger partial charge in [0, 0.05) is 38.0 Å². The molecular formula is C17H25N3O4. The third-order valence-corrected chi connectivity index (χ3v) is 5.04. The fourth-order valence-electron chi connectivity index (χ4n) is 3.56. The summed E-state index contributed by atoms with van der Waals surface area (Å²) in [5.74, 6) is 0.121. The van der Waals surface area contributed by atoms with Crippen molar-refractivity contribution < 1.29 is 18.8 Å². The minimum Gasteiger partial charge on any atom is -0.441 e. The highest BCUT2D eigenvalue weighted by atomic mass is 16.6. The number of hydrogen-bond donors (Lipinski definition) is 0. The van der Waals surface area contributed by atoms with Crippen LogP contribution in [-0.4, -0.2) is 58.2 Å². The molecule has 2 fully saturated rings. The van der Waals surface area contributed by atoms with Gasteiger partial charge in [-0.15, -0.1) is 0 Å². The number of hydrogen-bond acceptors (Lipinski definition) is 5. The van der Waals surface area contributed by atoms with Crippen LogP contribution < -0.4 is 0 Å². The molecule has 2 saturated heterocycles. The van der Waals surface area contributed by atoms with E-state index in [0.717, 1.165) is 12.8 Å². The Kier molecular flexibility index (Phi) is 4.51. The van der Waals surface area contributed by atoms with Crippen molar-refractivity contribution in [3.05, 3.63) is 17.5 Å². The lowest BCUT2D eigenvalue weighted by atomic mass is 9.91. The first-order valence-electron chi connectivity index (χ1n) is 8.66. The third-order valence-electron chi connectivity index (χ3n) is 5.04. The summed E-state index contributed by atoms with van der Waals surface area (Å²) in [4.78, 5) is 28.2. The number of nitrogens with zero attached hydrogens (tertiary/aromatic N) is 3. The quantitative estimate of drug-likeness (QED) is 0.845. The maximum atomic E-state index is 12.4. The highest BCUT2D eigenvalue weighted by Crippen LogP contribution is 2.35. The molecule has 7 heteroatoms. The van der Waals surface area contributed by atoms with Gasteiger partial charge in [0.1, 0.15) is 5.60 Å². The Morgan fingerprint density at radius 2 is 2.12 bits per heavy atom. The second kappa shape index (κ2) is 6.45. The van der Waals surface area contributed by atoms with Crippen molar-refractivity contribution in [1.82, 2.24) is 15.0 Å². The monoisotopic (exact) mass is 335 g/mol. The van der Waals surface area contributed by atoms with Gasteiger partial charge in [-0.3, -0.25) is 4.79 Å². The summed E-state index contributed by atoms with van der Waals surface area (Å²) in [6, 6.07) is 1.84. The van der Waals surface area contributed by atoms with E-state index in [9.17, 15) is 9.59 Å². The highest BCUT2D eigenvalue weighted by molar-refractivity contribution is 5.91. The second-order valence-electron chi connectivity index (χ2n) is 6.94. The summed E-state index contributed by atoms with van der Waals surface area (Å²) in [5, 5.41) is 3.76. The van der Waals surface area contributed by atoms with Crippen LogP contribution in [0.3, 0.4) is 0 Å². The van der Waals surface area contributed by atoms with Crippen molar-refractivity contribution in [1.29, 1.82) is 0 Å². The Labute approximate surface area is 141 Å². The lowest BCUT2D eigenvalue weighted by Crippen LogP contribution is -2.49. The summed E-state index contributed by atoms with van der Waals surface area (Å²) in [6.07, 6.45) is 3.11. The summed E-state index contributed by atoms with van der Waals surface area (Å²) in [5.41, 5.74) is 0.241. The molecule has 2 aliphatic rings. The molecule has 132 valence electrons. The van der Waals surface area contributed by atoms with Crippen LogP contribution in [0.1, 0.15) is 55.8 Å². The minimum atomic E-state index is -0.451. The lowest BCUT2D eigenvalue weighted by Gasteiger charge is -2.37. The van der Waals surface area contributed by atoms with Crippen molar-refractivity contribution >= 4 is 12.0 Å². The average Bonchev–Trinajstić information content (AvgIpc) is 3.12. The Hall–Kier alpha value is -2.05. The van der Waals surface area contributed by atoms with Crippen molar-refractivity contribution in [3.8, 4) is 0 Å². The van der Waals surface area contributed by atoms with E-state index in [1.807, 2.05) is 4.90 Å². The van der Waals surface area contributed by atoms with E-state index in [1.54, 1.807) is 17.9 Å². The molecule has 0 bridgehead atoms. The summed E-state index contributed by atoms with van der Waals surface area (Å²) >= 11 is 0. The van der Waals surface area contributed by atoms with Gasteiger partial charge >= 0.3 is 6.09 Å². The van der Waals surface area contributed by atoms with Crippen LogP contribution in [-0.2, 0) is 4.74 Å². The van der Waals surface area contributed by atoms with Gasteiger partial charge in [-0.1, -0.05) is 18.5 Å². The molecule has 2 aliphatic heterocycles. The zero-order valence-corrected chi connectivity index (χ0v) is 14.6. The van der Waals surface area contributed by atoms with Gasteiger partial charge < -0.3 is 19.1 Å². The topological polar surface area (TPSA) is 75.9 Å². The van der Waals surface area contributed by atoms with E-state index in [0.29, 0.717) is 38.2 Å². The van der Waals surface area contributed by atoms with E-state index < -0.39 is 5.60 Å². The van der Waals surface area contributed by atoms with Gasteiger partial charge in [-0.05, 0) is 20.3 Å². The van der Waals surface area contributed by atoms with Crippen molar-refractivity contribution in [2.24, 2.45) is 0 Å². The molecule has 0 N–H and O–H groups in total. The molecule has 0 unspecified atom stereocenters. The van der Waals surface area contributed by atoms with Crippen LogP contribution in [0, 0.1) is 6.92 Å². The van der Waals surface area contributed by atoms with E-state index in [-0.39, 0.29) is 23.8 Å². The molecular weight excluding hydrogens is 310 g/mol. The molecule has 2 amide bonds. The molecule has 7 nitrogen and oxygen atoms in total. The zero-order chi connectivity index (χ0) is 17.3. The molecule has 1 aromatic heterocycles. The van der Waals surface area contributed by atoms with Gasteiger partial charge in [0.05, 0.1) is 12.2 Å². The van der Waals surface area contributed by atoms with Crippen molar-refractivity contribution in [2.45, 2.75) is 58.1 Å². The SMILES string of the molecule is CCC[C@@H](C)N1CC2(CCN(C(=O)c3cc(C)no3)CC2)OC1=O. The molecule has 3 heterocycles. The largest absolute Gasteiger partial charge is 0.441 e. The third kappa shape index (κ3) is 3.12. The fraction of sp³-hybridized carbons (Fsp3) is 0.706. The number of likely N-dealkylation sites (tertiary alicyclic amines) is 1. The fourth-order valence-corrected chi connectivity index (χ4v) is 3.56. The Bertz CT molecular complexity index is 619. The molecule has 24 heavy (non-hydrogen) atoms. The van der Waals surface area contributed by atoms with Crippen LogP contribution in [0.15, 0.2) is 10.6 Å². The van der Waals surface area contributed by atoms with Crippen molar-refractivity contribution in [3.63, 3.8) is 0 Å². The molecule has 1 aromatic rings. The van der Waals surface area contributed by atoms with Crippen LogP contribution in [0.5, 0.6) is 0 Å². The number of piperidine rings is 1. The van der Waals surface area contributed by atoms with Crippen LogP contribution >= 0.6 is 0 Å². The zero-order valence-electron chi connectivity index (χ0n) is 14.6. The van der Waals surface area contributed by atoms with Crippen LogP contribution in [0.25, 0.3) is 0 Å². The molecule has 0 saturated carbocycles. The first-order valence-corrected chi connectivity index (χ1v) is 8.66. The average molecular weight is 335 g/mol. The molecule has 1 spiro atoms. The first kappa shape index (κ1) is 16.8. The van der Waals surface area contributed by atoms with Crippen LogP contribution in [0.4, 0.5) is 4.79 Å². The predicted molar refractivity (Wildman–Crippen MR) is 86.7 cm³/mol. The number of ether oxygens (including phenoxy) is 1. The van der Waals surface area contributed by atoms with Gasteiger partial charge in [0.25, 0.3) is 5.91 Å². The van der Waals surface area contributed by atoms with E-state index in [2.05, 4.69) is 19.0 Å². The smallest absolute Gasteiger partial charge is 0.410 e. The molecule has 0 aromatic carbocycles. The second-order valence-corrected chi connectivity index (χ2v) is 6.94. The van der Waals surface area contributed by atoms with E-state index in [1.165, 1.54) is 0 Å². The minimum absolute atomic E-state index is 0.147. The van der Waals surface area contributed by atoms with E-state index >= 15 is 0 Å². The predicted octanol–water partition coefficient (Wildman–Crippen LogP) is 2.60. The van der Waals surface area contributed by atoms with E-state index in [4.69, 9.17) is 9.26 Å². The van der Waals surface area contributed by atoms with Gasteiger partial charge in [0.2, 0.25) is 5.76 Å². The Balaban J connectivity index is 1.60. The highest BCUT2D eigenvalue weighted by Gasteiger charge is 2.48. The Morgan fingerprint density at radius 3 is 2.71 bits per heavy atom. The number of aryl methyl sites for hydroxylation is 1. The molecule has 0 radical (unpaired) electrons. The van der Waals surface area contributed by atoms with Gasteiger partial charge in [-0.25, -0.2) is 4.79 Å².